The number of aromatic nitrogens is 2. The first-order valence-corrected chi connectivity index (χ1v) is 7.27. The molecule has 0 saturated carbocycles. The van der Waals surface area contributed by atoms with Crippen molar-refractivity contribution in [2.24, 2.45) is 0 Å². The van der Waals surface area contributed by atoms with E-state index in [-0.39, 0.29) is 0 Å². The Labute approximate surface area is 130 Å². The number of methoxy groups -OCH3 is 1. The van der Waals surface area contributed by atoms with Crippen molar-refractivity contribution in [1.82, 2.24) is 9.97 Å². The van der Waals surface area contributed by atoms with Gasteiger partial charge in [0.25, 0.3) is 0 Å². The Morgan fingerprint density at radius 3 is 2.50 bits per heavy atom. The monoisotopic (exact) mass is 303 g/mol. The summed E-state index contributed by atoms with van der Waals surface area (Å²) >= 11 is 0. The van der Waals surface area contributed by atoms with Gasteiger partial charge in [-0.25, -0.2) is 9.97 Å². The van der Waals surface area contributed by atoms with Gasteiger partial charge in [-0.15, -0.1) is 0 Å². The van der Waals surface area contributed by atoms with Crippen LogP contribution in [0.5, 0.6) is 17.4 Å². The van der Waals surface area contributed by atoms with Crippen molar-refractivity contribution in [1.29, 1.82) is 0 Å². The van der Waals surface area contributed by atoms with E-state index in [0.29, 0.717) is 25.6 Å². The number of rotatable bonds is 9. The van der Waals surface area contributed by atoms with Gasteiger partial charge in [0, 0.05) is 6.07 Å². The van der Waals surface area contributed by atoms with Crippen molar-refractivity contribution in [3.05, 3.63) is 36.7 Å². The number of ether oxygens (including phenoxy) is 3. The van der Waals surface area contributed by atoms with Gasteiger partial charge in [-0.3, -0.25) is 0 Å². The van der Waals surface area contributed by atoms with Crippen LogP contribution in [0.25, 0.3) is 0 Å². The van der Waals surface area contributed by atoms with Gasteiger partial charge in [0.1, 0.15) is 30.3 Å². The van der Waals surface area contributed by atoms with E-state index in [1.54, 1.807) is 13.2 Å². The van der Waals surface area contributed by atoms with E-state index in [9.17, 15) is 0 Å². The number of hydrogen-bond donors (Lipinski definition) is 1. The number of anilines is 1. The summed E-state index contributed by atoms with van der Waals surface area (Å²) in [7, 11) is 1.64. The summed E-state index contributed by atoms with van der Waals surface area (Å²) in [6.07, 6.45) is 2.43. The molecule has 2 aromatic rings. The van der Waals surface area contributed by atoms with Gasteiger partial charge in [0.2, 0.25) is 5.88 Å². The van der Waals surface area contributed by atoms with E-state index in [0.717, 1.165) is 23.7 Å². The summed E-state index contributed by atoms with van der Waals surface area (Å²) < 4.78 is 16.2. The molecule has 118 valence electrons. The quantitative estimate of drug-likeness (QED) is 0.719. The standard InChI is InChI=1S/C16H21N3O3/c1-3-9-22-16-11-15(18-12-19-16)17-8-10-21-14-6-4-13(20-2)5-7-14/h4-7,11-12H,3,8-10H2,1-2H3,(H,17,18,19). The Kier molecular flexibility index (Phi) is 6.29. The maximum atomic E-state index is 5.63. The molecule has 0 aliphatic heterocycles. The lowest BCUT2D eigenvalue weighted by atomic mass is 10.3. The molecule has 0 aliphatic rings. The lowest BCUT2D eigenvalue weighted by molar-refractivity contribution is 0.304. The minimum absolute atomic E-state index is 0.529. The van der Waals surface area contributed by atoms with Crippen LogP contribution in [0.2, 0.25) is 0 Å². The second-order valence-electron chi connectivity index (χ2n) is 4.54. The lowest BCUT2D eigenvalue weighted by Gasteiger charge is -2.09. The van der Waals surface area contributed by atoms with Crippen LogP contribution in [-0.4, -0.2) is 36.8 Å². The van der Waals surface area contributed by atoms with Crippen LogP contribution >= 0.6 is 0 Å². The van der Waals surface area contributed by atoms with Crippen molar-refractivity contribution >= 4 is 5.82 Å². The Bertz CT molecular complexity index is 561. The van der Waals surface area contributed by atoms with Crippen LogP contribution in [0.1, 0.15) is 13.3 Å². The first-order valence-electron chi connectivity index (χ1n) is 7.27. The van der Waals surface area contributed by atoms with Crippen LogP contribution < -0.4 is 19.5 Å². The third-order valence-corrected chi connectivity index (χ3v) is 2.83. The molecule has 0 unspecified atom stereocenters. The van der Waals surface area contributed by atoms with E-state index in [1.165, 1.54) is 6.33 Å². The van der Waals surface area contributed by atoms with Crippen molar-refractivity contribution in [2.45, 2.75) is 13.3 Å². The molecule has 0 saturated heterocycles. The molecule has 22 heavy (non-hydrogen) atoms. The summed E-state index contributed by atoms with van der Waals surface area (Å²) in [5, 5.41) is 3.17. The van der Waals surface area contributed by atoms with Crippen LogP contribution in [-0.2, 0) is 0 Å². The second kappa shape index (κ2) is 8.71. The number of nitrogens with zero attached hydrogens (tertiary/aromatic N) is 2. The van der Waals surface area contributed by atoms with Gasteiger partial charge < -0.3 is 19.5 Å². The molecule has 1 aromatic carbocycles. The second-order valence-corrected chi connectivity index (χ2v) is 4.54. The Morgan fingerprint density at radius 2 is 1.77 bits per heavy atom. The van der Waals surface area contributed by atoms with Crippen LogP contribution in [0.3, 0.4) is 0 Å². The average Bonchev–Trinajstić information content (AvgIpc) is 2.58. The molecule has 1 aromatic heterocycles. The van der Waals surface area contributed by atoms with Crippen LogP contribution in [0.4, 0.5) is 5.82 Å². The Balaban J connectivity index is 1.73. The van der Waals surface area contributed by atoms with E-state index < -0.39 is 0 Å². The highest BCUT2D eigenvalue weighted by Crippen LogP contribution is 2.17. The minimum Gasteiger partial charge on any atom is -0.497 e. The molecular formula is C16H21N3O3. The summed E-state index contributed by atoms with van der Waals surface area (Å²) in [5.74, 6) is 2.91. The molecule has 0 radical (unpaired) electrons. The molecule has 1 N–H and O–H groups in total. The van der Waals surface area contributed by atoms with Crippen molar-refractivity contribution in [2.75, 3.05) is 32.2 Å². The lowest BCUT2D eigenvalue weighted by Crippen LogP contribution is -2.12. The van der Waals surface area contributed by atoms with Gasteiger partial charge in [-0.05, 0) is 30.7 Å². The van der Waals surface area contributed by atoms with Gasteiger partial charge >= 0.3 is 0 Å². The van der Waals surface area contributed by atoms with E-state index >= 15 is 0 Å². The normalized spacial score (nSPS) is 10.1. The topological polar surface area (TPSA) is 65.5 Å². The molecule has 6 heteroatoms. The zero-order chi connectivity index (χ0) is 15.6. The Hall–Kier alpha value is -2.50. The molecule has 6 nitrogen and oxygen atoms in total. The molecule has 2 rings (SSSR count). The van der Waals surface area contributed by atoms with Gasteiger partial charge in [-0.2, -0.15) is 0 Å². The first kappa shape index (κ1) is 15.9. The maximum absolute atomic E-state index is 5.63. The number of hydrogen-bond acceptors (Lipinski definition) is 6. The predicted octanol–water partition coefficient (Wildman–Crippen LogP) is 2.76. The van der Waals surface area contributed by atoms with Crippen molar-refractivity contribution in [3.63, 3.8) is 0 Å². The Morgan fingerprint density at radius 1 is 1.00 bits per heavy atom. The molecule has 0 atom stereocenters. The van der Waals surface area contributed by atoms with E-state index in [2.05, 4.69) is 22.2 Å². The average molecular weight is 303 g/mol. The van der Waals surface area contributed by atoms with Gasteiger partial charge in [0.15, 0.2) is 0 Å². The SMILES string of the molecule is CCCOc1cc(NCCOc2ccc(OC)cc2)ncn1. The molecule has 1 heterocycles. The van der Waals surface area contributed by atoms with E-state index in [1.807, 2.05) is 24.3 Å². The molecule has 0 aliphatic carbocycles. The fourth-order valence-corrected chi connectivity index (χ4v) is 1.74. The molecule has 0 fully saturated rings. The smallest absolute Gasteiger partial charge is 0.218 e. The summed E-state index contributed by atoms with van der Waals surface area (Å²) in [6, 6.07) is 9.26. The van der Waals surface area contributed by atoms with Crippen LogP contribution in [0.15, 0.2) is 36.7 Å². The summed E-state index contributed by atoms with van der Waals surface area (Å²) in [4.78, 5) is 8.19. The van der Waals surface area contributed by atoms with Crippen molar-refractivity contribution in [3.8, 4) is 17.4 Å². The molecule has 0 spiro atoms. The fraction of sp³-hybridized carbons (Fsp3) is 0.375. The van der Waals surface area contributed by atoms with Crippen LogP contribution in [0, 0.1) is 0 Å². The predicted molar refractivity (Wildman–Crippen MR) is 84.8 cm³/mol. The third kappa shape index (κ3) is 5.12. The maximum Gasteiger partial charge on any atom is 0.218 e. The highest BCUT2D eigenvalue weighted by Gasteiger charge is 2.00. The third-order valence-electron chi connectivity index (χ3n) is 2.83. The highest BCUT2D eigenvalue weighted by atomic mass is 16.5. The fourth-order valence-electron chi connectivity index (χ4n) is 1.74. The van der Waals surface area contributed by atoms with Gasteiger partial charge in [-0.1, -0.05) is 6.92 Å². The summed E-state index contributed by atoms with van der Waals surface area (Å²) in [6.45, 7) is 3.87. The molecule has 0 amide bonds. The first-order chi connectivity index (χ1) is 10.8. The number of nitrogens with one attached hydrogen (secondary N) is 1. The van der Waals surface area contributed by atoms with E-state index in [4.69, 9.17) is 14.2 Å². The molecular weight excluding hydrogens is 282 g/mol. The zero-order valence-electron chi connectivity index (χ0n) is 12.9. The summed E-state index contributed by atoms with van der Waals surface area (Å²) in [5.41, 5.74) is 0. The largest absolute Gasteiger partial charge is 0.497 e. The highest BCUT2D eigenvalue weighted by molar-refractivity contribution is 5.37. The van der Waals surface area contributed by atoms with Crippen molar-refractivity contribution < 1.29 is 14.2 Å². The van der Waals surface area contributed by atoms with Gasteiger partial charge in [0.05, 0.1) is 20.3 Å². The number of benzene rings is 1. The zero-order valence-corrected chi connectivity index (χ0v) is 12.9. The molecule has 0 bridgehead atoms. The minimum atomic E-state index is 0.529.